The first-order valence-corrected chi connectivity index (χ1v) is 7.19. The van der Waals surface area contributed by atoms with E-state index in [1.807, 2.05) is 0 Å². The van der Waals surface area contributed by atoms with E-state index in [4.69, 9.17) is 4.74 Å². The topological polar surface area (TPSA) is 66.0 Å². The Labute approximate surface area is 146 Å². The summed E-state index contributed by atoms with van der Waals surface area (Å²) in [5.41, 5.74) is 0. The van der Waals surface area contributed by atoms with Crippen LogP contribution < -0.4 is 10.6 Å². The number of rotatable bonds is 9. The molecule has 126 valence electrons. The van der Waals surface area contributed by atoms with Crippen LogP contribution in [0.25, 0.3) is 0 Å². The third-order valence-electron chi connectivity index (χ3n) is 2.56. The Balaban J connectivity index is 0. The third-order valence-corrected chi connectivity index (χ3v) is 2.56. The van der Waals surface area contributed by atoms with Crippen LogP contribution in [0.15, 0.2) is 4.99 Å². The van der Waals surface area contributed by atoms with Crippen LogP contribution >= 0.6 is 24.0 Å². The van der Waals surface area contributed by atoms with Gasteiger partial charge in [0, 0.05) is 53.9 Å². The van der Waals surface area contributed by atoms with Crippen molar-refractivity contribution in [2.45, 2.75) is 26.7 Å². The second-order valence-corrected chi connectivity index (χ2v) is 5.29. The first kappa shape index (κ1) is 22.7. The standard InChI is InChI=1S/C14H30N4O2.HI/c1-12(2)11-20-10-6-8-16-14(15-3)17-9-7-13(19)18(4)5;/h12H,6-11H2,1-5H3,(H2,15,16,17);1H. The van der Waals surface area contributed by atoms with Crippen LogP contribution in [-0.4, -0.2) is 64.2 Å². The summed E-state index contributed by atoms with van der Waals surface area (Å²) < 4.78 is 5.50. The largest absolute Gasteiger partial charge is 0.381 e. The minimum absolute atomic E-state index is 0. The molecule has 0 aromatic rings. The van der Waals surface area contributed by atoms with Crippen molar-refractivity contribution in [3.05, 3.63) is 0 Å². The van der Waals surface area contributed by atoms with Crippen molar-refractivity contribution in [2.24, 2.45) is 10.9 Å². The van der Waals surface area contributed by atoms with Crippen LogP contribution in [0.5, 0.6) is 0 Å². The lowest BCUT2D eigenvalue weighted by molar-refractivity contribution is -0.128. The molecule has 0 aliphatic heterocycles. The predicted molar refractivity (Wildman–Crippen MR) is 98.4 cm³/mol. The van der Waals surface area contributed by atoms with Gasteiger partial charge in [0.25, 0.3) is 0 Å². The van der Waals surface area contributed by atoms with Crippen LogP contribution in [0, 0.1) is 5.92 Å². The zero-order valence-corrected chi connectivity index (χ0v) is 16.3. The normalized spacial score (nSPS) is 11.0. The molecule has 0 aliphatic carbocycles. The van der Waals surface area contributed by atoms with Gasteiger partial charge in [-0.1, -0.05) is 13.8 Å². The van der Waals surface area contributed by atoms with Gasteiger partial charge >= 0.3 is 0 Å². The van der Waals surface area contributed by atoms with Gasteiger partial charge in [-0.15, -0.1) is 24.0 Å². The van der Waals surface area contributed by atoms with Crippen molar-refractivity contribution in [2.75, 3.05) is 47.4 Å². The molecule has 7 heteroatoms. The van der Waals surface area contributed by atoms with E-state index in [2.05, 4.69) is 29.5 Å². The molecule has 1 amide bonds. The van der Waals surface area contributed by atoms with E-state index in [0.717, 1.165) is 32.1 Å². The molecule has 0 fully saturated rings. The summed E-state index contributed by atoms with van der Waals surface area (Å²) in [6.07, 6.45) is 1.40. The number of nitrogens with zero attached hydrogens (tertiary/aromatic N) is 2. The Morgan fingerprint density at radius 3 is 2.38 bits per heavy atom. The minimum atomic E-state index is 0. The first-order valence-electron chi connectivity index (χ1n) is 7.19. The highest BCUT2D eigenvalue weighted by Crippen LogP contribution is 1.92. The number of carbonyl (C=O) groups excluding carboxylic acids is 1. The van der Waals surface area contributed by atoms with E-state index in [1.165, 1.54) is 0 Å². The number of hydrogen-bond donors (Lipinski definition) is 2. The fourth-order valence-corrected chi connectivity index (χ4v) is 1.43. The van der Waals surface area contributed by atoms with Gasteiger partial charge in [-0.3, -0.25) is 9.79 Å². The van der Waals surface area contributed by atoms with Crippen molar-refractivity contribution in [1.82, 2.24) is 15.5 Å². The predicted octanol–water partition coefficient (Wildman–Crippen LogP) is 1.31. The van der Waals surface area contributed by atoms with E-state index in [-0.39, 0.29) is 29.9 Å². The van der Waals surface area contributed by atoms with E-state index in [0.29, 0.717) is 18.9 Å². The average molecular weight is 414 g/mol. The third kappa shape index (κ3) is 14.1. The molecule has 0 bridgehead atoms. The highest BCUT2D eigenvalue weighted by atomic mass is 127. The lowest BCUT2D eigenvalue weighted by Crippen LogP contribution is -2.39. The van der Waals surface area contributed by atoms with Gasteiger partial charge in [-0.05, 0) is 12.3 Å². The summed E-state index contributed by atoms with van der Waals surface area (Å²) in [4.78, 5) is 17.1. The Morgan fingerprint density at radius 2 is 1.86 bits per heavy atom. The Bertz CT molecular complexity index is 297. The number of hydrogen-bond acceptors (Lipinski definition) is 3. The molecule has 0 radical (unpaired) electrons. The first-order chi connectivity index (χ1) is 9.47. The smallest absolute Gasteiger partial charge is 0.223 e. The van der Waals surface area contributed by atoms with Gasteiger partial charge in [0.1, 0.15) is 0 Å². The number of amides is 1. The monoisotopic (exact) mass is 414 g/mol. The molecule has 0 rings (SSSR count). The second kappa shape index (κ2) is 14.4. The van der Waals surface area contributed by atoms with Crippen LogP contribution in [-0.2, 0) is 9.53 Å². The molecule has 0 unspecified atom stereocenters. The molecular weight excluding hydrogens is 383 g/mol. The number of halogens is 1. The van der Waals surface area contributed by atoms with E-state index < -0.39 is 0 Å². The van der Waals surface area contributed by atoms with Gasteiger partial charge in [0.2, 0.25) is 5.91 Å². The van der Waals surface area contributed by atoms with Gasteiger partial charge in [-0.2, -0.15) is 0 Å². The number of carbonyl (C=O) groups is 1. The van der Waals surface area contributed by atoms with E-state index in [1.54, 1.807) is 26.0 Å². The van der Waals surface area contributed by atoms with Crippen molar-refractivity contribution in [1.29, 1.82) is 0 Å². The summed E-state index contributed by atoms with van der Waals surface area (Å²) in [6, 6.07) is 0. The van der Waals surface area contributed by atoms with Gasteiger partial charge in [0.15, 0.2) is 5.96 Å². The SMILES string of the molecule is CN=C(NCCCOCC(C)C)NCCC(=O)N(C)C.I. The number of ether oxygens (including phenoxy) is 1. The van der Waals surface area contributed by atoms with E-state index >= 15 is 0 Å². The summed E-state index contributed by atoms with van der Waals surface area (Å²) >= 11 is 0. The molecule has 0 spiro atoms. The number of aliphatic imine (C=N–C) groups is 1. The number of guanidine groups is 1. The van der Waals surface area contributed by atoms with Gasteiger partial charge < -0.3 is 20.3 Å². The molecule has 0 saturated heterocycles. The van der Waals surface area contributed by atoms with Crippen LogP contribution in [0.3, 0.4) is 0 Å². The molecule has 0 saturated carbocycles. The van der Waals surface area contributed by atoms with E-state index in [9.17, 15) is 4.79 Å². The fraction of sp³-hybridized carbons (Fsp3) is 0.857. The van der Waals surface area contributed by atoms with Crippen LogP contribution in [0.1, 0.15) is 26.7 Å². The highest BCUT2D eigenvalue weighted by molar-refractivity contribution is 14.0. The maximum Gasteiger partial charge on any atom is 0.223 e. The molecular formula is C14H31IN4O2. The molecule has 0 heterocycles. The van der Waals surface area contributed by atoms with Crippen molar-refractivity contribution < 1.29 is 9.53 Å². The molecule has 2 N–H and O–H groups in total. The Morgan fingerprint density at radius 1 is 1.24 bits per heavy atom. The minimum Gasteiger partial charge on any atom is -0.381 e. The van der Waals surface area contributed by atoms with Crippen LogP contribution in [0.2, 0.25) is 0 Å². The second-order valence-electron chi connectivity index (χ2n) is 5.29. The molecule has 0 aliphatic rings. The molecule has 0 atom stereocenters. The summed E-state index contributed by atoms with van der Waals surface area (Å²) in [5.74, 6) is 1.40. The molecule has 6 nitrogen and oxygen atoms in total. The quantitative estimate of drug-likeness (QED) is 0.259. The summed E-state index contributed by atoms with van der Waals surface area (Å²) in [5, 5.41) is 6.31. The zero-order chi connectivity index (χ0) is 15.4. The van der Waals surface area contributed by atoms with Gasteiger partial charge in [0.05, 0.1) is 0 Å². The average Bonchev–Trinajstić information content (AvgIpc) is 2.39. The fourth-order valence-electron chi connectivity index (χ4n) is 1.43. The van der Waals surface area contributed by atoms with Gasteiger partial charge in [-0.25, -0.2) is 0 Å². The maximum atomic E-state index is 11.4. The van der Waals surface area contributed by atoms with Crippen molar-refractivity contribution in [3.8, 4) is 0 Å². The molecule has 21 heavy (non-hydrogen) atoms. The lowest BCUT2D eigenvalue weighted by Gasteiger charge is -2.13. The molecule has 0 aromatic heterocycles. The Hall–Kier alpha value is -0.570. The van der Waals surface area contributed by atoms with Crippen LogP contribution in [0.4, 0.5) is 0 Å². The Kier molecular flexibility index (Phi) is 15.5. The van der Waals surface area contributed by atoms with Crippen molar-refractivity contribution in [3.63, 3.8) is 0 Å². The number of nitrogens with one attached hydrogen (secondary N) is 2. The zero-order valence-electron chi connectivity index (χ0n) is 13.9. The summed E-state index contributed by atoms with van der Waals surface area (Å²) in [6.45, 7) is 7.22. The lowest BCUT2D eigenvalue weighted by atomic mass is 10.2. The summed E-state index contributed by atoms with van der Waals surface area (Å²) in [7, 11) is 5.23. The highest BCUT2D eigenvalue weighted by Gasteiger charge is 2.04. The molecule has 0 aromatic carbocycles. The maximum absolute atomic E-state index is 11.4. The van der Waals surface area contributed by atoms with Crippen molar-refractivity contribution >= 4 is 35.8 Å².